The summed E-state index contributed by atoms with van der Waals surface area (Å²) in [6, 6.07) is 46.2. The molecule has 66 heavy (non-hydrogen) atoms. The first-order chi connectivity index (χ1) is 34.8. The molecule has 0 N–H and O–H groups in total. The maximum absolute atomic E-state index is 8.64. The van der Waals surface area contributed by atoms with Crippen molar-refractivity contribution in [3.63, 3.8) is 0 Å². The third-order valence-electron chi connectivity index (χ3n) is 12.5. The lowest BCUT2D eigenvalue weighted by Crippen LogP contribution is -2.17. The average molecular weight is 871 g/mol. The van der Waals surface area contributed by atoms with Crippen molar-refractivity contribution >= 4 is 50.6 Å². The van der Waals surface area contributed by atoms with E-state index in [1.807, 2.05) is 65.2 Å². The maximum Gasteiger partial charge on any atom is 0.503 e. The number of fused-ring (bicyclic) bond motifs is 4. The molecule has 10 rings (SSSR count). The lowest BCUT2D eigenvalue weighted by molar-refractivity contribution is 0.483. The summed E-state index contributed by atoms with van der Waals surface area (Å²) in [7, 11) is 0. The van der Waals surface area contributed by atoms with E-state index in [1.54, 1.807) is 0 Å². The van der Waals surface area contributed by atoms with Gasteiger partial charge in [0.15, 0.2) is 0 Å². The summed E-state index contributed by atoms with van der Waals surface area (Å²) in [5, 5.41) is 1.78. The number of nitrogens with zero attached hydrogens (tertiary/aromatic N) is 4. The summed E-state index contributed by atoms with van der Waals surface area (Å²) in [5.41, 5.74) is 10.5. The Hall–Kier alpha value is -7.33. The molecular formula is C61H58N4O+2. The summed E-state index contributed by atoms with van der Waals surface area (Å²) in [4.78, 5) is 4.74. The highest BCUT2D eigenvalue weighted by Crippen LogP contribution is 2.46. The van der Waals surface area contributed by atoms with E-state index >= 15 is 0 Å². The van der Waals surface area contributed by atoms with Crippen molar-refractivity contribution in [2.75, 3.05) is 0 Å². The molecule has 0 fully saturated rings. The first-order valence-electron chi connectivity index (χ1n) is 26.5. The van der Waals surface area contributed by atoms with Gasteiger partial charge in [-0.05, 0) is 102 Å². The lowest BCUT2D eigenvalue weighted by Gasteiger charge is -2.24. The Labute approximate surface area is 400 Å². The van der Waals surface area contributed by atoms with Gasteiger partial charge in [0.2, 0.25) is 11.4 Å². The van der Waals surface area contributed by atoms with Crippen molar-refractivity contribution in [3.8, 4) is 39.6 Å². The van der Waals surface area contributed by atoms with Gasteiger partial charge in [0.05, 0.1) is 29.5 Å². The second kappa shape index (κ2) is 16.0. The lowest BCUT2D eigenvalue weighted by atomic mass is 9.80. The fourth-order valence-corrected chi connectivity index (χ4v) is 8.76. The summed E-state index contributed by atoms with van der Waals surface area (Å²) in [5.74, 6) is 1.38. The highest BCUT2D eigenvalue weighted by molar-refractivity contribution is 6.09. The highest BCUT2D eigenvalue weighted by Gasteiger charge is 2.40. The van der Waals surface area contributed by atoms with Gasteiger partial charge in [0, 0.05) is 57.0 Å². The molecule has 5 nitrogen and oxygen atoms in total. The minimum Gasteiger partial charge on any atom is -0.457 e. The van der Waals surface area contributed by atoms with E-state index in [0.29, 0.717) is 17.0 Å². The van der Waals surface area contributed by atoms with E-state index in [2.05, 4.69) is 144 Å². The molecule has 1 aliphatic rings. The van der Waals surface area contributed by atoms with Crippen LogP contribution in [-0.2, 0) is 16.2 Å². The predicted octanol–water partition coefficient (Wildman–Crippen LogP) is 16.4. The summed E-state index contributed by atoms with van der Waals surface area (Å²) in [6.45, 7) is 17.5. The van der Waals surface area contributed by atoms with E-state index in [-0.39, 0.29) is 38.8 Å². The molecule has 3 heterocycles. The SMILES string of the molecule is [2H]c1c([2H])c([2H])c(-c2cnc(-n3c4ccccc4c4ccc(Oc5cccc([N+]6=C=[N+](c7cc(C(C)(C)C)cc(C(C)(C)C)c7)c7c(-c8cccc(C(C)(C)C)c8)cccc76)c5)cc43)cc2C([2H])([2H])[2H])c([2H])c1[2H]. The number of rotatable bonds is 7. The first kappa shape index (κ1) is 34.1. The number of aromatic nitrogens is 2. The van der Waals surface area contributed by atoms with Gasteiger partial charge in [-0.1, -0.05) is 153 Å². The molecule has 2 aromatic heterocycles. The average Bonchev–Trinajstić information content (AvgIpc) is 3.91. The molecule has 7 aromatic carbocycles. The normalized spacial score (nSPS) is 14.9. The van der Waals surface area contributed by atoms with Crippen LogP contribution in [0.25, 0.3) is 49.9 Å². The van der Waals surface area contributed by atoms with E-state index in [0.717, 1.165) is 50.2 Å². The number of aryl methyl sites for hydroxylation is 1. The summed E-state index contributed by atoms with van der Waals surface area (Å²) < 4.78 is 80.6. The maximum atomic E-state index is 8.64. The van der Waals surface area contributed by atoms with E-state index in [4.69, 9.17) is 20.7 Å². The zero-order valence-electron chi connectivity index (χ0n) is 47.0. The minimum atomic E-state index is -2.74. The molecule has 9 aromatic rings. The molecule has 0 radical (unpaired) electrons. The van der Waals surface area contributed by atoms with Crippen LogP contribution in [-0.4, -0.2) is 15.6 Å². The smallest absolute Gasteiger partial charge is 0.457 e. The number of benzene rings is 7. The van der Waals surface area contributed by atoms with Crippen LogP contribution in [0.3, 0.4) is 0 Å². The highest BCUT2D eigenvalue weighted by atomic mass is 16.5. The molecule has 0 bridgehead atoms. The Bertz CT molecular complexity index is 3800. The molecule has 1 aliphatic heterocycles. The van der Waals surface area contributed by atoms with E-state index in [9.17, 15) is 0 Å². The van der Waals surface area contributed by atoms with Crippen LogP contribution in [0, 0.1) is 6.85 Å². The second-order valence-electron chi connectivity index (χ2n) is 20.3. The Morgan fingerprint density at radius 3 is 2.00 bits per heavy atom. The van der Waals surface area contributed by atoms with Crippen LogP contribution in [0.2, 0.25) is 0 Å². The van der Waals surface area contributed by atoms with Crippen molar-refractivity contribution in [2.24, 2.45) is 0 Å². The van der Waals surface area contributed by atoms with Crippen LogP contribution in [0.4, 0.5) is 22.7 Å². The number of hydrogen-bond donors (Lipinski definition) is 0. The Kier molecular flexibility index (Phi) is 8.25. The summed E-state index contributed by atoms with van der Waals surface area (Å²) >= 11 is 0. The zero-order chi connectivity index (χ0) is 53.0. The van der Waals surface area contributed by atoms with E-state index in [1.165, 1.54) is 29.0 Å². The van der Waals surface area contributed by atoms with Gasteiger partial charge in [0.25, 0.3) is 5.69 Å². The van der Waals surface area contributed by atoms with E-state index < -0.39 is 37.1 Å². The fourth-order valence-electron chi connectivity index (χ4n) is 8.76. The van der Waals surface area contributed by atoms with Crippen molar-refractivity contribution in [3.05, 3.63) is 192 Å². The van der Waals surface area contributed by atoms with Gasteiger partial charge in [0.1, 0.15) is 17.3 Å². The molecule has 326 valence electrons. The molecule has 0 atom stereocenters. The second-order valence-corrected chi connectivity index (χ2v) is 20.3. The molecular weight excluding hydrogens is 805 g/mol. The zero-order valence-corrected chi connectivity index (χ0v) is 39.0. The number of para-hydroxylation sites is 2. The van der Waals surface area contributed by atoms with Gasteiger partial charge in [-0.15, -0.1) is 0 Å². The Morgan fingerprint density at radius 2 is 1.26 bits per heavy atom. The molecule has 0 saturated heterocycles. The number of pyridine rings is 1. The van der Waals surface area contributed by atoms with Crippen LogP contribution in [0.1, 0.15) is 95.5 Å². The molecule has 0 unspecified atom stereocenters. The molecule has 0 saturated carbocycles. The van der Waals surface area contributed by atoms with Crippen molar-refractivity contribution < 1.29 is 15.7 Å². The van der Waals surface area contributed by atoms with Crippen LogP contribution < -0.4 is 13.9 Å². The third-order valence-corrected chi connectivity index (χ3v) is 12.5. The minimum absolute atomic E-state index is 0.0475. The van der Waals surface area contributed by atoms with Crippen LogP contribution >= 0.6 is 0 Å². The standard InChI is InChI=1S/C61H58N4O/c1-40-31-57(62-38-53(40)41-19-12-11-13-20-41)65-54-27-15-14-25-51(54)52-30-29-49(37-56(52)65)66-48-24-17-23-46(36-48)63-39-64(47-34-44(60(5,6)7)33-45(35-47)61(8,9)10)58-50(26-18-28-55(58)63)42-21-16-22-43(32-42)59(2,3)4/h11-38H,1-10H3/q+2/i1D3,11D,12D,13D,19D,20D. The largest absolute Gasteiger partial charge is 0.503 e. The molecule has 0 amide bonds. The summed E-state index contributed by atoms with van der Waals surface area (Å²) in [6.07, 6.45) is 1.29. The predicted molar refractivity (Wildman–Crippen MR) is 278 cm³/mol. The van der Waals surface area contributed by atoms with Gasteiger partial charge in [-0.25, -0.2) is 4.98 Å². The molecule has 0 spiro atoms. The number of ether oxygens (including phenoxy) is 1. The van der Waals surface area contributed by atoms with Crippen LogP contribution in [0.5, 0.6) is 11.5 Å². The topological polar surface area (TPSA) is 33.1 Å². The van der Waals surface area contributed by atoms with Crippen LogP contribution in [0.15, 0.2) is 170 Å². The van der Waals surface area contributed by atoms with Crippen molar-refractivity contribution in [1.82, 2.24) is 18.7 Å². The third kappa shape index (κ3) is 7.84. The van der Waals surface area contributed by atoms with Gasteiger partial charge < -0.3 is 4.74 Å². The fraction of sp³-hybridized carbons (Fsp3) is 0.213. The van der Waals surface area contributed by atoms with Gasteiger partial charge in [-0.3, -0.25) is 4.57 Å². The molecule has 0 aliphatic carbocycles. The first-order valence-corrected chi connectivity index (χ1v) is 22.5. The number of hydrogen-bond acceptors (Lipinski definition) is 2. The van der Waals surface area contributed by atoms with Gasteiger partial charge in [-0.2, -0.15) is 0 Å². The van der Waals surface area contributed by atoms with Crippen molar-refractivity contribution in [2.45, 2.75) is 85.4 Å². The Morgan fingerprint density at radius 1 is 0.561 bits per heavy atom. The molecule has 5 heteroatoms. The van der Waals surface area contributed by atoms with Gasteiger partial charge >= 0.3 is 11.7 Å². The Balaban J connectivity index is 1.11. The quantitative estimate of drug-likeness (QED) is 0.150. The monoisotopic (exact) mass is 871 g/mol. The van der Waals surface area contributed by atoms with Crippen molar-refractivity contribution in [1.29, 1.82) is 0 Å².